The number of nitrogens with two attached hydrogens (primary N) is 1. The zero-order valence-corrected chi connectivity index (χ0v) is 13.9. The Bertz CT molecular complexity index is 433. The lowest BCUT2D eigenvalue weighted by molar-refractivity contribution is 0.0549. The lowest BCUT2D eigenvalue weighted by Gasteiger charge is -2.38. The standard InChI is InChI=1S/C15H24BrN3O/c1-12(11-20-2)19-7-5-18(6-8-19)10-13-9-14(17)3-4-15(13)16/h3-4,9,12H,5-8,10-11,17H2,1-2H3. The molecule has 1 aliphatic rings. The smallest absolute Gasteiger partial charge is 0.0615 e. The summed E-state index contributed by atoms with van der Waals surface area (Å²) in [6, 6.07) is 6.52. The molecule has 0 bridgehead atoms. The maximum absolute atomic E-state index is 5.87. The second-order valence-corrected chi connectivity index (χ2v) is 6.32. The van der Waals surface area contributed by atoms with Crippen LogP contribution in [-0.2, 0) is 11.3 Å². The molecule has 5 heteroatoms. The van der Waals surface area contributed by atoms with Crippen molar-refractivity contribution in [2.24, 2.45) is 0 Å². The van der Waals surface area contributed by atoms with Crippen LogP contribution in [0.1, 0.15) is 12.5 Å². The van der Waals surface area contributed by atoms with Gasteiger partial charge in [-0.05, 0) is 30.7 Å². The average molecular weight is 342 g/mol. The molecule has 1 heterocycles. The molecule has 1 fully saturated rings. The van der Waals surface area contributed by atoms with Gasteiger partial charge in [-0.3, -0.25) is 9.80 Å². The van der Waals surface area contributed by atoms with E-state index in [0.29, 0.717) is 6.04 Å². The Morgan fingerprint density at radius 2 is 2.00 bits per heavy atom. The first-order valence-electron chi connectivity index (χ1n) is 7.09. The predicted molar refractivity (Wildman–Crippen MR) is 86.7 cm³/mol. The summed E-state index contributed by atoms with van der Waals surface area (Å²) < 4.78 is 6.37. The van der Waals surface area contributed by atoms with E-state index in [-0.39, 0.29) is 0 Å². The van der Waals surface area contributed by atoms with Gasteiger partial charge in [0.2, 0.25) is 0 Å². The van der Waals surface area contributed by atoms with Crippen LogP contribution in [0.25, 0.3) is 0 Å². The summed E-state index contributed by atoms with van der Waals surface area (Å²) in [6.45, 7) is 8.38. The van der Waals surface area contributed by atoms with E-state index in [4.69, 9.17) is 10.5 Å². The van der Waals surface area contributed by atoms with Crippen molar-refractivity contribution >= 4 is 21.6 Å². The summed E-state index contributed by atoms with van der Waals surface area (Å²) in [5.74, 6) is 0. The zero-order chi connectivity index (χ0) is 14.5. The second-order valence-electron chi connectivity index (χ2n) is 5.47. The van der Waals surface area contributed by atoms with Crippen LogP contribution in [0, 0.1) is 0 Å². The van der Waals surface area contributed by atoms with E-state index < -0.39 is 0 Å². The maximum atomic E-state index is 5.87. The minimum Gasteiger partial charge on any atom is -0.399 e. The number of halogens is 1. The number of methoxy groups -OCH3 is 1. The number of anilines is 1. The molecule has 2 N–H and O–H groups in total. The molecule has 1 saturated heterocycles. The Labute approximate surface area is 130 Å². The monoisotopic (exact) mass is 341 g/mol. The van der Waals surface area contributed by atoms with E-state index in [2.05, 4.69) is 38.7 Å². The van der Waals surface area contributed by atoms with Crippen LogP contribution in [0.4, 0.5) is 5.69 Å². The lowest BCUT2D eigenvalue weighted by atomic mass is 10.1. The molecule has 1 aromatic rings. The molecule has 0 amide bonds. The Kier molecular flexibility index (Phi) is 5.84. The second kappa shape index (κ2) is 7.41. The molecular weight excluding hydrogens is 318 g/mol. The molecule has 0 spiro atoms. The summed E-state index contributed by atoms with van der Waals surface area (Å²) in [4.78, 5) is 4.98. The van der Waals surface area contributed by atoms with Gasteiger partial charge in [0.05, 0.1) is 6.61 Å². The molecular formula is C15H24BrN3O. The van der Waals surface area contributed by atoms with Gasteiger partial charge in [-0.25, -0.2) is 0 Å². The SMILES string of the molecule is COCC(C)N1CCN(Cc2cc(N)ccc2Br)CC1. The first-order valence-corrected chi connectivity index (χ1v) is 7.88. The van der Waals surface area contributed by atoms with Crippen molar-refractivity contribution in [3.63, 3.8) is 0 Å². The third-order valence-corrected chi connectivity index (χ3v) is 4.68. The summed E-state index contributed by atoms with van der Waals surface area (Å²) in [7, 11) is 1.77. The summed E-state index contributed by atoms with van der Waals surface area (Å²) >= 11 is 3.60. The molecule has 112 valence electrons. The minimum absolute atomic E-state index is 0.501. The molecule has 1 aromatic carbocycles. The quantitative estimate of drug-likeness (QED) is 0.833. The number of benzene rings is 1. The molecule has 0 aromatic heterocycles. The number of hydrogen-bond donors (Lipinski definition) is 1. The lowest BCUT2D eigenvalue weighted by Crippen LogP contribution is -2.50. The van der Waals surface area contributed by atoms with Crippen molar-refractivity contribution in [1.82, 2.24) is 9.80 Å². The van der Waals surface area contributed by atoms with Gasteiger partial charge in [0.15, 0.2) is 0 Å². The van der Waals surface area contributed by atoms with Gasteiger partial charge in [-0.1, -0.05) is 15.9 Å². The normalized spacial score (nSPS) is 19.1. The highest BCUT2D eigenvalue weighted by atomic mass is 79.9. The van der Waals surface area contributed by atoms with Crippen LogP contribution in [0.2, 0.25) is 0 Å². The van der Waals surface area contributed by atoms with Crippen molar-refractivity contribution in [3.05, 3.63) is 28.2 Å². The van der Waals surface area contributed by atoms with Crippen molar-refractivity contribution in [2.75, 3.05) is 45.6 Å². The van der Waals surface area contributed by atoms with Crippen molar-refractivity contribution in [3.8, 4) is 0 Å². The molecule has 2 rings (SSSR count). The first kappa shape index (κ1) is 15.8. The van der Waals surface area contributed by atoms with Gasteiger partial charge >= 0.3 is 0 Å². The molecule has 0 aliphatic carbocycles. The molecule has 1 unspecified atom stereocenters. The molecule has 0 radical (unpaired) electrons. The molecule has 0 saturated carbocycles. The van der Waals surface area contributed by atoms with Crippen LogP contribution in [0.15, 0.2) is 22.7 Å². The van der Waals surface area contributed by atoms with Gasteiger partial charge in [0.1, 0.15) is 0 Å². The molecule has 1 aliphatic heterocycles. The van der Waals surface area contributed by atoms with Crippen LogP contribution in [0.5, 0.6) is 0 Å². The van der Waals surface area contributed by atoms with E-state index in [1.54, 1.807) is 7.11 Å². The number of nitrogen functional groups attached to an aromatic ring is 1. The van der Waals surface area contributed by atoms with Gasteiger partial charge in [0, 0.05) is 56.0 Å². The zero-order valence-electron chi connectivity index (χ0n) is 12.3. The fourth-order valence-corrected chi connectivity index (χ4v) is 3.04. The first-order chi connectivity index (χ1) is 9.60. The third kappa shape index (κ3) is 4.19. The Hall–Kier alpha value is -0.620. The highest BCUT2D eigenvalue weighted by molar-refractivity contribution is 9.10. The van der Waals surface area contributed by atoms with Crippen molar-refractivity contribution < 1.29 is 4.74 Å². The fraction of sp³-hybridized carbons (Fsp3) is 0.600. The van der Waals surface area contributed by atoms with E-state index in [9.17, 15) is 0 Å². The summed E-state index contributed by atoms with van der Waals surface area (Å²) in [5.41, 5.74) is 7.96. The van der Waals surface area contributed by atoms with Crippen molar-refractivity contribution in [1.29, 1.82) is 0 Å². The number of nitrogens with zero attached hydrogens (tertiary/aromatic N) is 2. The predicted octanol–water partition coefficient (Wildman–Crippen LogP) is 2.18. The Morgan fingerprint density at radius 3 is 2.65 bits per heavy atom. The van der Waals surface area contributed by atoms with E-state index in [1.165, 1.54) is 5.56 Å². The molecule has 4 nitrogen and oxygen atoms in total. The number of ether oxygens (including phenoxy) is 1. The number of piperazine rings is 1. The minimum atomic E-state index is 0.501. The fourth-order valence-electron chi connectivity index (χ4n) is 2.67. The van der Waals surface area contributed by atoms with Gasteiger partial charge in [0.25, 0.3) is 0 Å². The van der Waals surface area contributed by atoms with Crippen LogP contribution < -0.4 is 5.73 Å². The number of hydrogen-bond acceptors (Lipinski definition) is 4. The van der Waals surface area contributed by atoms with Crippen LogP contribution >= 0.6 is 15.9 Å². The van der Waals surface area contributed by atoms with E-state index in [1.807, 2.05) is 12.1 Å². The summed E-state index contributed by atoms with van der Waals surface area (Å²) in [6.07, 6.45) is 0. The van der Waals surface area contributed by atoms with E-state index in [0.717, 1.165) is 49.5 Å². The number of rotatable bonds is 5. The largest absolute Gasteiger partial charge is 0.399 e. The van der Waals surface area contributed by atoms with E-state index >= 15 is 0 Å². The molecule has 1 atom stereocenters. The topological polar surface area (TPSA) is 41.7 Å². The maximum Gasteiger partial charge on any atom is 0.0615 e. The highest BCUT2D eigenvalue weighted by Gasteiger charge is 2.21. The highest BCUT2D eigenvalue weighted by Crippen LogP contribution is 2.22. The van der Waals surface area contributed by atoms with Crippen LogP contribution in [0.3, 0.4) is 0 Å². The van der Waals surface area contributed by atoms with Gasteiger partial charge < -0.3 is 10.5 Å². The van der Waals surface area contributed by atoms with Crippen LogP contribution in [-0.4, -0.2) is 55.7 Å². The Balaban J connectivity index is 1.86. The summed E-state index contributed by atoms with van der Waals surface area (Å²) in [5, 5.41) is 0. The third-order valence-electron chi connectivity index (χ3n) is 3.90. The van der Waals surface area contributed by atoms with Gasteiger partial charge in [-0.2, -0.15) is 0 Å². The van der Waals surface area contributed by atoms with Crippen molar-refractivity contribution in [2.45, 2.75) is 19.5 Å². The average Bonchev–Trinajstić information content (AvgIpc) is 2.44. The Morgan fingerprint density at radius 1 is 1.30 bits per heavy atom. The molecule has 20 heavy (non-hydrogen) atoms. The van der Waals surface area contributed by atoms with Gasteiger partial charge in [-0.15, -0.1) is 0 Å².